The Hall–Kier alpha value is -3.03. The highest BCUT2D eigenvalue weighted by Gasteiger charge is 2.29. The molecule has 12 heteroatoms. The van der Waals surface area contributed by atoms with E-state index in [1.165, 1.54) is 0 Å². The van der Waals surface area contributed by atoms with Gasteiger partial charge in [-0.2, -0.15) is 0 Å². The van der Waals surface area contributed by atoms with Gasteiger partial charge in [-0.1, -0.05) is 24.3 Å². The van der Waals surface area contributed by atoms with Crippen LogP contribution in [0.25, 0.3) is 0 Å². The molecule has 0 aromatic heterocycles. The molecule has 1 aliphatic heterocycles. The molecule has 2 aromatic carbocycles. The van der Waals surface area contributed by atoms with Crippen molar-refractivity contribution in [1.29, 1.82) is 0 Å². The van der Waals surface area contributed by atoms with Crippen LogP contribution in [-0.2, 0) is 37.0 Å². The lowest BCUT2D eigenvalue weighted by atomic mass is 10.0. The summed E-state index contributed by atoms with van der Waals surface area (Å²) < 4.78 is 36.5. The fourth-order valence-corrected chi connectivity index (χ4v) is 3.43. The molecule has 35 heavy (non-hydrogen) atoms. The third kappa shape index (κ3) is 9.26. The van der Waals surface area contributed by atoms with Gasteiger partial charge in [-0.25, -0.2) is 13.2 Å². The van der Waals surface area contributed by atoms with Crippen molar-refractivity contribution in [3.63, 3.8) is 0 Å². The fraction of sp³-hybridized carbons (Fsp3) is 0.391. The maximum absolute atomic E-state index is 13.3. The minimum Gasteiger partial charge on any atom is -0.726 e. The Morgan fingerprint density at radius 2 is 1.63 bits per heavy atom. The predicted molar refractivity (Wildman–Crippen MR) is 131 cm³/mol. The Kier molecular flexibility index (Phi) is 10.8. The minimum atomic E-state index is -4.41. The maximum Gasteiger partial charge on any atom is 0.411 e. The van der Waals surface area contributed by atoms with Gasteiger partial charge in [0.2, 0.25) is 10.4 Å². The molecule has 2 aromatic rings. The lowest BCUT2D eigenvalue weighted by Crippen LogP contribution is -2.45. The van der Waals surface area contributed by atoms with Crippen molar-refractivity contribution < 1.29 is 41.4 Å². The molecule has 3 N–H and O–H groups in total. The van der Waals surface area contributed by atoms with Gasteiger partial charge in [0.05, 0.1) is 46.2 Å². The van der Waals surface area contributed by atoms with Crippen LogP contribution >= 0.6 is 0 Å². The quantitative estimate of drug-likeness (QED) is 0.365. The normalized spacial score (nSPS) is 12.6. The molecule has 3 rings (SSSR count). The van der Waals surface area contributed by atoms with Crippen LogP contribution in [0, 0.1) is 0 Å². The molecule has 0 radical (unpaired) electrons. The van der Waals surface area contributed by atoms with Crippen molar-refractivity contribution in [3.8, 4) is 0 Å². The summed E-state index contributed by atoms with van der Waals surface area (Å²) in [5, 5.41) is 2.74. The zero-order chi connectivity index (χ0) is 25.5. The number of benzene rings is 2. The van der Waals surface area contributed by atoms with Gasteiger partial charge >= 0.3 is 6.09 Å². The van der Waals surface area contributed by atoms with Gasteiger partial charge in [0, 0.05) is 5.69 Å². The first-order chi connectivity index (χ1) is 15.8. The summed E-state index contributed by atoms with van der Waals surface area (Å²) in [6.45, 7) is 2.43. The second-order valence-corrected chi connectivity index (χ2v) is 9.72. The number of carbonyl (C=O) groups is 2. The second kappa shape index (κ2) is 12.6. The largest absolute Gasteiger partial charge is 0.726 e. The first-order valence-electron chi connectivity index (χ1n) is 10.6. The Morgan fingerprint density at radius 1 is 1.06 bits per heavy atom. The summed E-state index contributed by atoms with van der Waals surface area (Å²) in [6, 6.07) is 13.7. The van der Waals surface area contributed by atoms with Crippen LogP contribution in [0.3, 0.4) is 0 Å². The molecule has 0 atom stereocenters. The molecule has 0 aliphatic carbocycles. The third-order valence-electron chi connectivity index (χ3n) is 4.81. The van der Waals surface area contributed by atoms with Crippen molar-refractivity contribution >= 4 is 39.5 Å². The minimum absolute atomic E-state index is 0. The molecule has 0 spiro atoms. The van der Waals surface area contributed by atoms with Crippen LogP contribution < -0.4 is 10.2 Å². The van der Waals surface area contributed by atoms with Gasteiger partial charge in [-0.05, 0) is 49.1 Å². The number of anilines is 3. The van der Waals surface area contributed by atoms with Crippen molar-refractivity contribution in [2.75, 3.05) is 51.6 Å². The SMILES string of the molecule is CCOC(=O)Nc1ccc2c(c1)N(C(=O)C[N+](C)(C)C)c1ccccc1CC2.COS(=O)(=O)[O-].O. The van der Waals surface area contributed by atoms with E-state index in [1.807, 2.05) is 57.5 Å². The summed E-state index contributed by atoms with van der Waals surface area (Å²) >= 11 is 0. The van der Waals surface area contributed by atoms with E-state index in [1.54, 1.807) is 11.8 Å². The van der Waals surface area contributed by atoms with Gasteiger partial charge in [0.25, 0.3) is 5.91 Å². The average Bonchev–Trinajstić information content (AvgIpc) is 2.89. The number of nitrogens with zero attached hydrogens (tertiary/aromatic N) is 2. The summed E-state index contributed by atoms with van der Waals surface area (Å²) in [5.41, 5.74) is 4.57. The number of carbonyl (C=O) groups excluding carboxylic acids is 2. The first-order valence-corrected chi connectivity index (χ1v) is 12.0. The van der Waals surface area contributed by atoms with Crippen molar-refractivity contribution in [3.05, 3.63) is 53.6 Å². The summed E-state index contributed by atoms with van der Waals surface area (Å²) in [4.78, 5) is 27.0. The lowest BCUT2D eigenvalue weighted by Gasteiger charge is -2.30. The number of hydrogen-bond donors (Lipinski definition) is 1. The molecule has 0 bridgehead atoms. The van der Waals surface area contributed by atoms with Crippen LogP contribution in [0.5, 0.6) is 0 Å². The molecule has 1 aliphatic rings. The molecule has 1 heterocycles. The Bertz CT molecular complexity index is 1130. The standard InChI is InChI=1S/C22H27N3O3.CH4O4S.H2O/c1-5-28-22(27)23-18-13-12-17-11-10-16-8-6-7-9-19(16)24(20(17)14-18)21(26)15-25(2,3)4;1-5-6(2,3)4;/h6-9,12-14H,5,10-11,15H2,1-4H3;1H3,(H,2,3,4);1H2. The second-order valence-electron chi connectivity index (χ2n) is 8.57. The zero-order valence-electron chi connectivity index (χ0n) is 20.5. The number of quaternary nitrogens is 1. The fourth-order valence-electron chi connectivity index (χ4n) is 3.43. The van der Waals surface area contributed by atoms with E-state index >= 15 is 0 Å². The number of nitrogens with one attached hydrogen (secondary N) is 1. The van der Waals surface area contributed by atoms with E-state index < -0.39 is 16.5 Å². The Labute approximate surface area is 206 Å². The molecular weight excluding hydrogens is 478 g/mol. The topological polar surface area (TPSA) is 157 Å². The first kappa shape index (κ1) is 30.0. The molecule has 0 unspecified atom stereocenters. The predicted octanol–water partition coefficient (Wildman–Crippen LogP) is 1.99. The van der Waals surface area contributed by atoms with Crippen LogP contribution in [0.2, 0.25) is 0 Å². The van der Waals surface area contributed by atoms with Gasteiger partial charge in [-0.3, -0.25) is 19.2 Å². The third-order valence-corrected chi connectivity index (χ3v) is 5.22. The Balaban J connectivity index is 0.000000780. The molecule has 2 amide bonds. The molecule has 0 saturated heterocycles. The number of ether oxygens (including phenoxy) is 1. The number of fused-ring (bicyclic) bond motifs is 2. The van der Waals surface area contributed by atoms with Crippen LogP contribution in [0.15, 0.2) is 42.5 Å². The Morgan fingerprint density at radius 3 is 2.17 bits per heavy atom. The number of rotatable bonds is 5. The number of likely N-dealkylation sites (N-methyl/N-ethyl adjacent to an activating group) is 1. The summed E-state index contributed by atoms with van der Waals surface area (Å²) in [7, 11) is 2.40. The molecule has 11 nitrogen and oxygen atoms in total. The van der Waals surface area contributed by atoms with E-state index in [0.29, 0.717) is 23.3 Å². The van der Waals surface area contributed by atoms with E-state index in [4.69, 9.17) is 4.74 Å². The average molecular weight is 512 g/mol. The van der Waals surface area contributed by atoms with Gasteiger partial charge in [0.1, 0.15) is 0 Å². The number of hydrogen-bond acceptors (Lipinski definition) is 7. The highest BCUT2D eigenvalue weighted by molar-refractivity contribution is 7.80. The zero-order valence-corrected chi connectivity index (χ0v) is 21.3. The molecule has 194 valence electrons. The van der Waals surface area contributed by atoms with E-state index in [0.717, 1.165) is 42.5 Å². The number of amides is 2. The van der Waals surface area contributed by atoms with Crippen molar-refractivity contribution in [2.24, 2.45) is 0 Å². The van der Waals surface area contributed by atoms with Gasteiger partial charge in [-0.15, -0.1) is 0 Å². The smallest absolute Gasteiger partial charge is 0.411 e. The molecule has 0 saturated carbocycles. The van der Waals surface area contributed by atoms with Crippen molar-refractivity contribution in [1.82, 2.24) is 0 Å². The molecule has 0 fully saturated rings. The highest BCUT2D eigenvalue weighted by Crippen LogP contribution is 2.37. The lowest BCUT2D eigenvalue weighted by molar-refractivity contribution is -0.862. The van der Waals surface area contributed by atoms with Crippen molar-refractivity contribution in [2.45, 2.75) is 19.8 Å². The van der Waals surface area contributed by atoms with E-state index in [-0.39, 0.29) is 11.4 Å². The van der Waals surface area contributed by atoms with E-state index in [9.17, 15) is 22.6 Å². The summed E-state index contributed by atoms with van der Waals surface area (Å²) in [5.74, 6) is 0.0244. The van der Waals surface area contributed by atoms with Gasteiger partial charge in [0.15, 0.2) is 6.54 Å². The highest BCUT2D eigenvalue weighted by atomic mass is 32.3. The maximum atomic E-state index is 13.3. The van der Waals surface area contributed by atoms with Crippen LogP contribution in [0.4, 0.5) is 21.9 Å². The summed E-state index contributed by atoms with van der Waals surface area (Å²) in [6.07, 6.45) is 1.20. The van der Waals surface area contributed by atoms with Crippen LogP contribution in [-0.4, -0.2) is 76.3 Å². The number of para-hydroxylation sites is 1. The van der Waals surface area contributed by atoms with Crippen LogP contribution in [0.1, 0.15) is 18.1 Å². The number of aryl methyl sites for hydroxylation is 2. The van der Waals surface area contributed by atoms with Gasteiger partial charge < -0.3 is 19.2 Å². The molecular formula is C23H33N3O8S. The van der Waals surface area contributed by atoms with E-state index in [2.05, 4.69) is 15.6 Å². The monoisotopic (exact) mass is 511 g/mol.